The van der Waals surface area contributed by atoms with Crippen LogP contribution >= 0.6 is 0 Å². The SMILES string of the molecule is CCCCCCNCCN1CCC(CC)(CC)CC1. The zero-order valence-electron chi connectivity index (χ0n) is 13.6. The molecule has 0 saturated carbocycles. The Balaban J connectivity index is 2.00. The molecule has 19 heavy (non-hydrogen) atoms. The Morgan fingerprint density at radius 1 is 0.895 bits per heavy atom. The molecule has 1 aliphatic rings. The first-order valence-electron chi connectivity index (χ1n) is 8.69. The highest BCUT2D eigenvalue weighted by atomic mass is 15.1. The summed E-state index contributed by atoms with van der Waals surface area (Å²) >= 11 is 0. The number of nitrogens with one attached hydrogen (secondary N) is 1. The zero-order chi connectivity index (χ0) is 14.0. The van der Waals surface area contributed by atoms with Gasteiger partial charge in [0.25, 0.3) is 0 Å². The van der Waals surface area contributed by atoms with E-state index in [-0.39, 0.29) is 0 Å². The van der Waals surface area contributed by atoms with Gasteiger partial charge in [-0.3, -0.25) is 0 Å². The van der Waals surface area contributed by atoms with Crippen molar-refractivity contribution in [2.24, 2.45) is 5.41 Å². The molecule has 1 fully saturated rings. The molecule has 1 rings (SSSR count). The third kappa shape index (κ3) is 6.27. The van der Waals surface area contributed by atoms with Crippen LogP contribution in [0.1, 0.15) is 72.1 Å². The van der Waals surface area contributed by atoms with Gasteiger partial charge in [0.1, 0.15) is 0 Å². The molecule has 1 heterocycles. The summed E-state index contributed by atoms with van der Waals surface area (Å²) in [7, 11) is 0. The summed E-state index contributed by atoms with van der Waals surface area (Å²) in [6.07, 6.45) is 11.0. The fourth-order valence-corrected chi connectivity index (χ4v) is 3.25. The highest BCUT2D eigenvalue weighted by Gasteiger charge is 2.30. The monoisotopic (exact) mass is 268 g/mol. The lowest BCUT2D eigenvalue weighted by atomic mass is 9.74. The lowest BCUT2D eigenvalue weighted by Crippen LogP contribution is -2.42. The number of hydrogen-bond donors (Lipinski definition) is 1. The van der Waals surface area contributed by atoms with Gasteiger partial charge in [0.2, 0.25) is 0 Å². The van der Waals surface area contributed by atoms with Crippen LogP contribution in [0.5, 0.6) is 0 Å². The quantitative estimate of drug-likeness (QED) is 0.601. The summed E-state index contributed by atoms with van der Waals surface area (Å²) in [5.41, 5.74) is 0.671. The number of unbranched alkanes of at least 4 members (excludes halogenated alkanes) is 3. The lowest BCUT2D eigenvalue weighted by molar-refractivity contribution is 0.0961. The normalized spacial score (nSPS) is 19.7. The maximum absolute atomic E-state index is 3.60. The summed E-state index contributed by atoms with van der Waals surface area (Å²) < 4.78 is 0. The molecule has 1 saturated heterocycles. The van der Waals surface area contributed by atoms with E-state index in [0.29, 0.717) is 5.41 Å². The maximum atomic E-state index is 3.60. The fraction of sp³-hybridized carbons (Fsp3) is 1.00. The largest absolute Gasteiger partial charge is 0.315 e. The summed E-state index contributed by atoms with van der Waals surface area (Å²) in [6.45, 7) is 13.3. The standard InChI is InChI=1S/C17H36N2/c1-4-7-8-9-12-18-13-16-19-14-10-17(5-2,6-3)11-15-19/h18H,4-16H2,1-3H3. The second-order valence-corrected chi connectivity index (χ2v) is 6.36. The molecule has 0 unspecified atom stereocenters. The number of rotatable bonds is 10. The highest BCUT2D eigenvalue weighted by Crippen LogP contribution is 2.37. The fourth-order valence-electron chi connectivity index (χ4n) is 3.25. The van der Waals surface area contributed by atoms with Gasteiger partial charge in [0.15, 0.2) is 0 Å². The number of hydrogen-bond acceptors (Lipinski definition) is 2. The van der Waals surface area contributed by atoms with Crippen molar-refractivity contribution in [1.82, 2.24) is 10.2 Å². The van der Waals surface area contributed by atoms with Gasteiger partial charge in [-0.05, 0) is 44.3 Å². The first-order valence-corrected chi connectivity index (χ1v) is 8.69. The molecule has 0 aromatic carbocycles. The molecule has 0 aromatic heterocycles. The molecule has 2 nitrogen and oxygen atoms in total. The van der Waals surface area contributed by atoms with Crippen LogP contribution in [0.15, 0.2) is 0 Å². The van der Waals surface area contributed by atoms with E-state index in [1.165, 1.54) is 84.1 Å². The van der Waals surface area contributed by atoms with Gasteiger partial charge in [0, 0.05) is 13.1 Å². The van der Waals surface area contributed by atoms with Gasteiger partial charge in [-0.1, -0.05) is 52.9 Å². The van der Waals surface area contributed by atoms with Crippen molar-refractivity contribution < 1.29 is 0 Å². The van der Waals surface area contributed by atoms with Crippen molar-refractivity contribution in [1.29, 1.82) is 0 Å². The predicted octanol–water partition coefficient (Wildman–Crippen LogP) is 4.06. The Labute approximate surface area is 121 Å². The number of likely N-dealkylation sites (tertiary alicyclic amines) is 1. The third-order valence-corrected chi connectivity index (χ3v) is 5.23. The second kappa shape index (κ2) is 9.77. The molecule has 0 radical (unpaired) electrons. The van der Waals surface area contributed by atoms with Crippen molar-refractivity contribution in [2.75, 3.05) is 32.7 Å². The molecule has 1 aliphatic heterocycles. The van der Waals surface area contributed by atoms with E-state index in [1.807, 2.05) is 0 Å². The minimum absolute atomic E-state index is 0.671. The number of nitrogens with zero attached hydrogens (tertiary/aromatic N) is 1. The summed E-state index contributed by atoms with van der Waals surface area (Å²) in [4.78, 5) is 2.66. The van der Waals surface area contributed by atoms with Crippen LogP contribution in [0.4, 0.5) is 0 Å². The minimum atomic E-state index is 0.671. The summed E-state index contributed by atoms with van der Waals surface area (Å²) in [6, 6.07) is 0. The topological polar surface area (TPSA) is 15.3 Å². The molecular formula is C17H36N2. The highest BCUT2D eigenvalue weighted by molar-refractivity contribution is 4.84. The van der Waals surface area contributed by atoms with Crippen LogP contribution in [0.25, 0.3) is 0 Å². The number of piperidine rings is 1. The van der Waals surface area contributed by atoms with Gasteiger partial charge in [-0.2, -0.15) is 0 Å². The smallest absolute Gasteiger partial charge is 0.0107 e. The van der Waals surface area contributed by atoms with E-state index in [1.54, 1.807) is 0 Å². The van der Waals surface area contributed by atoms with Crippen molar-refractivity contribution in [2.45, 2.75) is 72.1 Å². The molecule has 0 spiro atoms. The average molecular weight is 268 g/mol. The van der Waals surface area contributed by atoms with Gasteiger partial charge in [-0.25, -0.2) is 0 Å². The van der Waals surface area contributed by atoms with Gasteiger partial charge in [0.05, 0.1) is 0 Å². The van der Waals surface area contributed by atoms with Crippen molar-refractivity contribution in [3.05, 3.63) is 0 Å². The zero-order valence-corrected chi connectivity index (χ0v) is 13.6. The van der Waals surface area contributed by atoms with E-state index < -0.39 is 0 Å². The minimum Gasteiger partial charge on any atom is -0.315 e. The van der Waals surface area contributed by atoms with Crippen LogP contribution in [0, 0.1) is 5.41 Å². The van der Waals surface area contributed by atoms with Crippen molar-refractivity contribution in [3.8, 4) is 0 Å². The van der Waals surface area contributed by atoms with Gasteiger partial charge >= 0.3 is 0 Å². The summed E-state index contributed by atoms with van der Waals surface area (Å²) in [5.74, 6) is 0. The third-order valence-electron chi connectivity index (χ3n) is 5.23. The second-order valence-electron chi connectivity index (χ2n) is 6.36. The Morgan fingerprint density at radius 3 is 2.16 bits per heavy atom. The summed E-state index contributed by atoms with van der Waals surface area (Å²) in [5, 5.41) is 3.60. The predicted molar refractivity (Wildman–Crippen MR) is 85.7 cm³/mol. The van der Waals surface area contributed by atoms with Crippen molar-refractivity contribution >= 4 is 0 Å². The van der Waals surface area contributed by atoms with E-state index in [4.69, 9.17) is 0 Å². The van der Waals surface area contributed by atoms with Crippen LogP contribution in [-0.4, -0.2) is 37.6 Å². The Bertz CT molecular complexity index is 201. The van der Waals surface area contributed by atoms with Gasteiger partial charge in [-0.15, -0.1) is 0 Å². The molecule has 2 heteroatoms. The first-order chi connectivity index (χ1) is 9.26. The van der Waals surface area contributed by atoms with E-state index in [0.717, 1.165) is 0 Å². The molecule has 0 aliphatic carbocycles. The molecule has 0 bridgehead atoms. The Hall–Kier alpha value is -0.0800. The van der Waals surface area contributed by atoms with Crippen LogP contribution in [0.3, 0.4) is 0 Å². The van der Waals surface area contributed by atoms with Crippen molar-refractivity contribution in [3.63, 3.8) is 0 Å². The molecule has 0 amide bonds. The van der Waals surface area contributed by atoms with E-state index in [9.17, 15) is 0 Å². The first kappa shape index (κ1) is 17.0. The van der Waals surface area contributed by atoms with Crippen LogP contribution in [0.2, 0.25) is 0 Å². The Kier molecular flexibility index (Phi) is 8.72. The lowest BCUT2D eigenvalue weighted by Gasteiger charge is -2.41. The molecule has 0 aromatic rings. The van der Waals surface area contributed by atoms with E-state index >= 15 is 0 Å². The van der Waals surface area contributed by atoms with Crippen LogP contribution < -0.4 is 5.32 Å². The molecule has 0 atom stereocenters. The Morgan fingerprint density at radius 2 is 1.58 bits per heavy atom. The van der Waals surface area contributed by atoms with Crippen LogP contribution in [-0.2, 0) is 0 Å². The molecular weight excluding hydrogens is 232 g/mol. The van der Waals surface area contributed by atoms with E-state index in [2.05, 4.69) is 31.0 Å². The van der Waals surface area contributed by atoms with Gasteiger partial charge < -0.3 is 10.2 Å². The maximum Gasteiger partial charge on any atom is 0.0107 e. The average Bonchev–Trinajstić information content (AvgIpc) is 2.47. The molecule has 114 valence electrons. The molecule has 1 N–H and O–H groups in total.